The first-order valence-corrected chi connectivity index (χ1v) is 11.2. The standard InChI is InChI=1S/C17H12Br3NO4S/c1-2-24-15-8-10(5-6-12(15)18)26(22,23)25-17-14(20)9-13(19)11-4-3-7-21-16(11)17/h3-9H,2H2,1H3. The topological polar surface area (TPSA) is 65.5 Å². The number of fused-ring (bicyclic) bond motifs is 1. The maximum Gasteiger partial charge on any atom is 0.339 e. The Labute approximate surface area is 176 Å². The highest BCUT2D eigenvalue weighted by Crippen LogP contribution is 2.39. The van der Waals surface area contributed by atoms with Gasteiger partial charge in [0.2, 0.25) is 0 Å². The molecule has 0 radical (unpaired) electrons. The van der Waals surface area contributed by atoms with Gasteiger partial charge < -0.3 is 8.92 Å². The lowest BCUT2D eigenvalue weighted by Crippen LogP contribution is -2.11. The van der Waals surface area contributed by atoms with E-state index in [1.54, 1.807) is 24.4 Å². The summed E-state index contributed by atoms with van der Waals surface area (Å²) in [6.07, 6.45) is 1.58. The van der Waals surface area contributed by atoms with Gasteiger partial charge in [-0.25, -0.2) is 0 Å². The first kappa shape index (κ1) is 19.6. The Balaban J connectivity index is 2.09. The first-order chi connectivity index (χ1) is 12.3. The van der Waals surface area contributed by atoms with Crippen LogP contribution in [0.4, 0.5) is 0 Å². The zero-order chi connectivity index (χ0) is 18.9. The van der Waals surface area contributed by atoms with Crippen LogP contribution in [0.3, 0.4) is 0 Å². The van der Waals surface area contributed by atoms with E-state index in [1.165, 1.54) is 12.1 Å². The summed E-state index contributed by atoms with van der Waals surface area (Å²) in [5.41, 5.74) is 0.430. The molecule has 9 heteroatoms. The van der Waals surface area contributed by atoms with Crippen LogP contribution in [0.25, 0.3) is 10.9 Å². The van der Waals surface area contributed by atoms with Gasteiger partial charge >= 0.3 is 10.1 Å². The fourth-order valence-corrected chi connectivity index (χ4v) is 5.08. The van der Waals surface area contributed by atoms with E-state index in [1.807, 2.05) is 13.0 Å². The van der Waals surface area contributed by atoms with Crippen molar-refractivity contribution >= 4 is 68.8 Å². The predicted molar refractivity (Wildman–Crippen MR) is 110 cm³/mol. The van der Waals surface area contributed by atoms with E-state index in [-0.39, 0.29) is 10.6 Å². The molecule has 0 atom stereocenters. The highest BCUT2D eigenvalue weighted by atomic mass is 79.9. The lowest BCUT2D eigenvalue weighted by Gasteiger charge is -2.13. The molecule has 0 fully saturated rings. The monoisotopic (exact) mass is 563 g/mol. The normalized spacial score (nSPS) is 11.5. The van der Waals surface area contributed by atoms with Gasteiger partial charge in [0.05, 0.1) is 15.6 Å². The molecule has 2 aromatic carbocycles. The average molecular weight is 566 g/mol. The molecule has 0 aliphatic carbocycles. The van der Waals surface area contributed by atoms with Crippen LogP contribution in [0.5, 0.6) is 11.5 Å². The van der Waals surface area contributed by atoms with Crippen molar-refractivity contribution in [2.75, 3.05) is 6.61 Å². The lowest BCUT2D eigenvalue weighted by atomic mass is 10.2. The molecule has 0 N–H and O–H groups in total. The van der Waals surface area contributed by atoms with E-state index in [9.17, 15) is 8.42 Å². The van der Waals surface area contributed by atoms with Crippen molar-refractivity contribution < 1.29 is 17.3 Å². The Hall–Kier alpha value is -1.16. The molecule has 0 amide bonds. The predicted octanol–water partition coefficient (Wildman–Crippen LogP) is 5.69. The molecule has 0 saturated heterocycles. The number of hydrogen-bond acceptors (Lipinski definition) is 5. The second-order valence-corrected chi connectivity index (χ2v) is 9.24. The molecular formula is C17H12Br3NO4S. The quantitative estimate of drug-likeness (QED) is 0.372. The summed E-state index contributed by atoms with van der Waals surface area (Å²) in [7, 11) is -4.08. The van der Waals surface area contributed by atoms with Crippen LogP contribution in [0.1, 0.15) is 6.92 Å². The third-order valence-corrected chi connectivity index (χ3v) is 6.55. The van der Waals surface area contributed by atoms with Crippen LogP contribution >= 0.6 is 47.8 Å². The smallest absolute Gasteiger partial charge is 0.339 e. The third-order valence-electron chi connectivity index (χ3n) is 3.43. The van der Waals surface area contributed by atoms with Crippen LogP contribution < -0.4 is 8.92 Å². The van der Waals surface area contributed by atoms with Crippen LogP contribution in [-0.4, -0.2) is 20.0 Å². The van der Waals surface area contributed by atoms with Crippen molar-refractivity contribution in [2.24, 2.45) is 0 Å². The highest BCUT2D eigenvalue weighted by Gasteiger charge is 2.23. The van der Waals surface area contributed by atoms with Gasteiger partial charge in [-0.3, -0.25) is 4.98 Å². The van der Waals surface area contributed by atoms with Gasteiger partial charge in [0.15, 0.2) is 5.75 Å². The Morgan fingerprint density at radius 1 is 1.04 bits per heavy atom. The van der Waals surface area contributed by atoms with Gasteiger partial charge in [-0.05, 0) is 63.0 Å². The molecule has 0 saturated carbocycles. The lowest BCUT2D eigenvalue weighted by molar-refractivity contribution is 0.337. The SMILES string of the molecule is CCOc1cc(S(=O)(=O)Oc2c(Br)cc(Br)c3cccnc23)ccc1Br. The van der Waals surface area contributed by atoms with Crippen molar-refractivity contribution in [1.29, 1.82) is 0 Å². The largest absolute Gasteiger partial charge is 0.493 e. The number of halogens is 3. The summed E-state index contributed by atoms with van der Waals surface area (Å²) in [6.45, 7) is 2.23. The Kier molecular flexibility index (Phi) is 5.91. The van der Waals surface area contributed by atoms with Gasteiger partial charge in [-0.1, -0.05) is 22.0 Å². The van der Waals surface area contributed by atoms with Crippen LogP contribution in [-0.2, 0) is 10.1 Å². The minimum atomic E-state index is -4.08. The molecule has 26 heavy (non-hydrogen) atoms. The summed E-state index contributed by atoms with van der Waals surface area (Å²) in [4.78, 5) is 4.25. The van der Waals surface area contributed by atoms with Crippen molar-refractivity contribution in [1.82, 2.24) is 4.98 Å². The van der Waals surface area contributed by atoms with E-state index < -0.39 is 10.1 Å². The van der Waals surface area contributed by atoms with E-state index in [0.717, 1.165) is 9.86 Å². The number of benzene rings is 2. The van der Waals surface area contributed by atoms with Gasteiger partial charge in [-0.15, -0.1) is 0 Å². The van der Waals surface area contributed by atoms with E-state index in [0.29, 0.717) is 26.8 Å². The number of pyridine rings is 1. The Bertz CT molecular complexity index is 1090. The Morgan fingerprint density at radius 2 is 1.81 bits per heavy atom. The fraction of sp³-hybridized carbons (Fsp3) is 0.118. The van der Waals surface area contributed by atoms with E-state index in [2.05, 4.69) is 52.8 Å². The number of hydrogen-bond donors (Lipinski definition) is 0. The molecule has 136 valence electrons. The maximum atomic E-state index is 12.8. The fourth-order valence-electron chi connectivity index (χ4n) is 2.29. The first-order valence-electron chi connectivity index (χ1n) is 7.43. The third kappa shape index (κ3) is 3.90. The summed E-state index contributed by atoms with van der Waals surface area (Å²) in [5.74, 6) is 0.555. The average Bonchev–Trinajstić information content (AvgIpc) is 2.60. The molecule has 1 aromatic heterocycles. The van der Waals surface area contributed by atoms with Gasteiger partial charge in [0.25, 0.3) is 0 Å². The number of ether oxygens (including phenoxy) is 1. The molecule has 1 heterocycles. The minimum Gasteiger partial charge on any atom is -0.493 e. The second-order valence-electron chi connectivity index (χ2n) is 5.13. The highest BCUT2D eigenvalue weighted by molar-refractivity contribution is 9.11. The van der Waals surface area contributed by atoms with Crippen LogP contribution in [0.15, 0.2) is 60.9 Å². The molecule has 5 nitrogen and oxygen atoms in total. The molecule has 0 spiro atoms. The molecule has 0 unspecified atom stereocenters. The van der Waals surface area contributed by atoms with Crippen molar-refractivity contribution in [3.63, 3.8) is 0 Å². The molecule has 3 aromatic rings. The zero-order valence-corrected chi connectivity index (χ0v) is 18.9. The summed E-state index contributed by atoms with van der Waals surface area (Å²) >= 11 is 10.1. The van der Waals surface area contributed by atoms with E-state index in [4.69, 9.17) is 8.92 Å². The Morgan fingerprint density at radius 3 is 2.54 bits per heavy atom. The minimum absolute atomic E-state index is 0.0111. The van der Waals surface area contributed by atoms with Gasteiger partial charge in [0.1, 0.15) is 16.2 Å². The molecule has 0 aliphatic rings. The van der Waals surface area contributed by atoms with Gasteiger partial charge in [0, 0.05) is 22.1 Å². The maximum absolute atomic E-state index is 12.8. The molecular weight excluding hydrogens is 554 g/mol. The zero-order valence-electron chi connectivity index (χ0n) is 13.4. The van der Waals surface area contributed by atoms with Gasteiger partial charge in [-0.2, -0.15) is 8.42 Å². The number of aromatic nitrogens is 1. The summed E-state index contributed by atoms with van der Waals surface area (Å²) in [6, 6.07) is 9.79. The van der Waals surface area contributed by atoms with E-state index >= 15 is 0 Å². The molecule has 0 aliphatic heterocycles. The summed E-state index contributed by atoms with van der Waals surface area (Å²) < 4.78 is 38.4. The van der Waals surface area contributed by atoms with Crippen molar-refractivity contribution in [3.8, 4) is 11.5 Å². The van der Waals surface area contributed by atoms with Crippen LogP contribution in [0.2, 0.25) is 0 Å². The molecule has 3 rings (SSSR count). The van der Waals surface area contributed by atoms with Crippen molar-refractivity contribution in [2.45, 2.75) is 11.8 Å². The number of nitrogens with zero attached hydrogens (tertiary/aromatic N) is 1. The second kappa shape index (κ2) is 7.84. The summed E-state index contributed by atoms with van der Waals surface area (Å²) in [5, 5.41) is 0.742. The van der Waals surface area contributed by atoms with Crippen molar-refractivity contribution in [3.05, 3.63) is 56.0 Å². The molecule has 0 bridgehead atoms. The number of rotatable bonds is 5. The van der Waals surface area contributed by atoms with Crippen LogP contribution in [0, 0.1) is 0 Å².